The summed E-state index contributed by atoms with van der Waals surface area (Å²) in [5.41, 5.74) is 7.98. The first-order valence-corrected chi connectivity index (χ1v) is 4.53. The highest BCUT2D eigenvalue weighted by Gasteiger charge is 2.09. The van der Waals surface area contributed by atoms with Crippen LogP contribution in [0.15, 0.2) is 4.79 Å². The number of H-pyrrole nitrogens is 1. The van der Waals surface area contributed by atoms with Gasteiger partial charge in [0, 0.05) is 12.1 Å². The summed E-state index contributed by atoms with van der Waals surface area (Å²) in [4.78, 5) is 11.3. The van der Waals surface area contributed by atoms with E-state index in [0.717, 1.165) is 24.1 Å². The highest BCUT2D eigenvalue weighted by molar-refractivity contribution is 5.85. The van der Waals surface area contributed by atoms with E-state index in [4.69, 9.17) is 5.73 Å². The van der Waals surface area contributed by atoms with E-state index in [-0.39, 0.29) is 24.5 Å². The summed E-state index contributed by atoms with van der Waals surface area (Å²) < 4.78 is 0. The first kappa shape index (κ1) is 13.1. The molecule has 0 fully saturated rings. The zero-order valence-electron chi connectivity index (χ0n) is 8.46. The minimum Gasteiger partial charge on any atom is -0.326 e. The molecule has 0 aromatic carbocycles. The average Bonchev–Trinajstić information content (AvgIpc) is 2.17. The predicted octanol–water partition coefficient (Wildman–Crippen LogP) is 0.775. The second-order valence-electron chi connectivity index (χ2n) is 2.87. The van der Waals surface area contributed by atoms with E-state index in [2.05, 4.69) is 10.2 Å². The first-order valence-electron chi connectivity index (χ1n) is 4.53. The molecule has 0 unspecified atom stereocenters. The van der Waals surface area contributed by atoms with E-state index in [0.29, 0.717) is 5.56 Å². The zero-order valence-corrected chi connectivity index (χ0v) is 9.28. The number of nitrogens with one attached hydrogen (secondary N) is 1. The van der Waals surface area contributed by atoms with E-state index >= 15 is 0 Å². The van der Waals surface area contributed by atoms with Gasteiger partial charge in [-0.15, -0.1) is 12.4 Å². The van der Waals surface area contributed by atoms with Crippen molar-refractivity contribution in [3.05, 3.63) is 27.2 Å². The molecule has 0 amide bonds. The number of hydrogen-bond acceptors (Lipinski definition) is 3. The molecule has 0 aliphatic rings. The summed E-state index contributed by atoms with van der Waals surface area (Å²) in [5, 5.41) is 6.44. The van der Waals surface area contributed by atoms with Crippen molar-refractivity contribution in [3.8, 4) is 0 Å². The SMILES string of the molecule is CCc1n[nH]c(=O)c(CN)c1CC.Cl. The molecule has 0 saturated heterocycles. The fourth-order valence-corrected chi connectivity index (χ4v) is 1.49. The minimum atomic E-state index is -0.156. The number of rotatable bonds is 3. The van der Waals surface area contributed by atoms with Crippen LogP contribution in [0, 0.1) is 0 Å². The van der Waals surface area contributed by atoms with Crippen molar-refractivity contribution in [2.45, 2.75) is 33.2 Å². The second-order valence-corrected chi connectivity index (χ2v) is 2.87. The van der Waals surface area contributed by atoms with Gasteiger partial charge in [-0.1, -0.05) is 13.8 Å². The van der Waals surface area contributed by atoms with Gasteiger partial charge in [0.05, 0.1) is 5.69 Å². The van der Waals surface area contributed by atoms with Crippen molar-refractivity contribution in [1.82, 2.24) is 10.2 Å². The fourth-order valence-electron chi connectivity index (χ4n) is 1.49. The van der Waals surface area contributed by atoms with Crippen molar-refractivity contribution in [3.63, 3.8) is 0 Å². The van der Waals surface area contributed by atoms with Crippen LogP contribution in [-0.4, -0.2) is 10.2 Å². The standard InChI is InChI=1S/C9H15N3O.ClH/c1-3-6-7(5-10)9(13)12-11-8(6)4-2;/h3-5,10H2,1-2H3,(H,12,13);1H. The maximum Gasteiger partial charge on any atom is 0.268 e. The minimum absolute atomic E-state index is 0. The van der Waals surface area contributed by atoms with Gasteiger partial charge in [-0.25, -0.2) is 5.10 Å². The Morgan fingerprint density at radius 2 is 1.93 bits per heavy atom. The molecule has 14 heavy (non-hydrogen) atoms. The molecule has 0 spiro atoms. The van der Waals surface area contributed by atoms with Crippen LogP contribution in [-0.2, 0) is 19.4 Å². The van der Waals surface area contributed by atoms with Gasteiger partial charge in [-0.3, -0.25) is 4.79 Å². The van der Waals surface area contributed by atoms with Gasteiger partial charge >= 0.3 is 0 Å². The third-order valence-electron chi connectivity index (χ3n) is 2.17. The molecule has 4 nitrogen and oxygen atoms in total. The van der Waals surface area contributed by atoms with E-state index in [1.165, 1.54) is 0 Å². The number of aromatic amines is 1. The Hall–Kier alpha value is -0.870. The largest absolute Gasteiger partial charge is 0.326 e. The van der Waals surface area contributed by atoms with Crippen molar-refractivity contribution in [2.24, 2.45) is 5.73 Å². The fraction of sp³-hybridized carbons (Fsp3) is 0.556. The zero-order chi connectivity index (χ0) is 9.84. The molecule has 1 aromatic rings. The second kappa shape index (κ2) is 5.78. The summed E-state index contributed by atoms with van der Waals surface area (Å²) in [6.07, 6.45) is 1.64. The molecule has 1 rings (SSSR count). The van der Waals surface area contributed by atoms with Crippen LogP contribution >= 0.6 is 12.4 Å². The van der Waals surface area contributed by atoms with Crippen molar-refractivity contribution < 1.29 is 0 Å². The van der Waals surface area contributed by atoms with Crippen molar-refractivity contribution in [2.75, 3.05) is 0 Å². The Morgan fingerprint density at radius 1 is 1.29 bits per heavy atom. The predicted molar refractivity (Wildman–Crippen MR) is 58.8 cm³/mol. The smallest absolute Gasteiger partial charge is 0.268 e. The van der Waals surface area contributed by atoms with Gasteiger partial charge in [0.2, 0.25) is 0 Å². The Labute approximate surface area is 89.3 Å². The molecular formula is C9H16ClN3O. The van der Waals surface area contributed by atoms with Crippen LogP contribution in [0.25, 0.3) is 0 Å². The molecule has 0 saturated carbocycles. The molecule has 5 heteroatoms. The average molecular weight is 218 g/mol. The van der Waals surface area contributed by atoms with E-state index in [1.54, 1.807) is 0 Å². The summed E-state index contributed by atoms with van der Waals surface area (Å²) in [6.45, 7) is 4.31. The van der Waals surface area contributed by atoms with Gasteiger partial charge < -0.3 is 5.73 Å². The lowest BCUT2D eigenvalue weighted by Crippen LogP contribution is -2.22. The third-order valence-corrected chi connectivity index (χ3v) is 2.17. The van der Waals surface area contributed by atoms with Gasteiger partial charge in [0.25, 0.3) is 5.56 Å². The van der Waals surface area contributed by atoms with Gasteiger partial charge in [-0.05, 0) is 18.4 Å². The maximum absolute atomic E-state index is 11.3. The highest BCUT2D eigenvalue weighted by atomic mass is 35.5. The molecule has 1 heterocycles. The van der Waals surface area contributed by atoms with E-state index in [9.17, 15) is 4.79 Å². The number of aryl methyl sites for hydroxylation is 1. The quantitative estimate of drug-likeness (QED) is 0.786. The van der Waals surface area contributed by atoms with Crippen LogP contribution in [0.1, 0.15) is 30.7 Å². The maximum atomic E-state index is 11.3. The van der Waals surface area contributed by atoms with Crippen LogP contribution in [0.2, 0.25) is 0 Å². The third kappa shape index (κ3) is 2.33. The van der Waals surface area contributed by atoms with E-state index < -0.39 is 0 Å². The lowest BCUT2D eigenvalue weighted by atomic mass is 10.0. The molecule has 0 bridgehead atoms. The number of halogens is 1. The molecule has 0 atom stereocenters. The topological polar surface area (TPSA) is 71.8 Å². The summed E-state index contributed by atoms with van der Waals surface area (Å²) in [5.74, 6) is 0. The molecule has 0 aliphatic carbocycles. The van der Waals surface area contributed by atoms with Gasteiger partial charge in [0.1, 0.15) is 0 Å². The van der Waals surface area contributed by atoms with Crippen LogP contribution in [0.5, 0.6) is 0 Å². The molecule has 1 aromatic heterocycles. The van der Waals surface area contributed by atoms with Crippen molar-refractivity contribution in [1.29, 1.82) is 0 Å². The van der Waals surface area contributed by atoms with Crippen LogP contribution < -0.4 is 11.3 Å². The number of hydrogen-bond donors (Lipinski definition) is 2. The van der Waals surface area contributed by atoms with Crippen LogP contribution in [0.4, 0.5) is 0 Å². The molecule has 0 radical (unpaired) electrons. The normalized spacial score (nSPS) is 9.64. The Kier molecular flexibility index (Phi) is 5.42. The Bertz CT molecular complexity index is 348. The number of nitrogens with zero attached hydrogens (tertiary/aromatic N) is 1. The molecular weight excluding hydrogens is 202 g/mol. The summed E-state index contributed by atoms with van der Waals surface area (Å²) >= 11 is 0. The molecule has 80 valence electrons. The lowest BCUT2D eigenvalue weighted by molar-refractivity contribution is 0.819. The molecule has 0 aliphatic heterocycles. The first-order chi connectivity index (χ1) is 6.24. The summed E-state index contributed by atoms with van der Waals surface area (Å²) in [6, 6.07) is 0. The van der Waals surface area contributed by atoms with Gasteiger partial charge in [-0.2, -0.15) is 5.10 Å². The van der Waals surface area contributed by atoms with Crippen LogP contribution in [0.3, 0.4) is 0 Å². The summed E-state index contributed by atoms with van der Waals surface area (Å²) in [7, 11) is 0. The Balaban J connectivity index is 0.00000169. The highest BCUT2D eigenvalue weighted by Crippen LogP contribution is 2.08. The number of nitrogens with two attached hydrogens (primary N) is 1. The molecule has 3 N–H and O–H groups in total. The number of aromatic nitrogens is 2. The van der Waals surface area contributed by atoms with Crippen molar-refractivity contribution >= 4 is 12.4 Å². The Morgan fingerprint density at radius 3 is 2.36 bits per heavy atom. The van der Waals surface area contributed by atoms with Gasteiger partial charge in [0.15, 0.2) is 0 Å². The monoisotopic (exact) mass is 217 g/mol. The lowest BCUT2D eigenvalue weighted by Gasteiger charge is -2.07. The van der Waals surface area contributed by atoms with E-state index in [1.807, 2.05) is 13.8 Å².